The minimum Gasteiger partial charge on any atom is -0.378 e. The molecule has 2 aromatic carbocycles. The van der Waals surface area contributed by atoms with Crippen molar-refractivity contribution in [2.24, 2.45) is 0 Å². The zero-order chi connectivity index (χ0) is 15.5. The Hall–Kier alpha value is -1.92. The van der Waals surface area contributed by atoms with Crippen molar-refractivity contribution in [3.63, 3.8) is 0 Å². The Morgan fingerprint density at radius 1 is 1.10 bits per heavy atom. The van der Waals surface area contributed by atoms with Crippen LogP contribution in [0.15, 0.2) is 53.4 Å². The summed E-state index contributed by atoms with van der Waals surface area (Å²) < 4.78 is 39.0. The molecule has 0 aliphatic carbocycles. The number of nitrogens with one attached hydrogen (secondary N) is 2. The Kier molecular flexibility index (Phi) is 4.59. The van der Waals surface area contributed by atoms with Crippen molar-refractivity contribution in [2.75, 3.05) is 12.4 Å². The molecule has 112 valence electrons. The zero-order valence-corrected chi connectivity index (χ0v) is 12.6. The number of hydrogen-bond donors (Lipinski definition) is 2. The number of hydrogen-bond acceptors (Lipinski definition) is 3. The van der Waals surface area contributed by atoms with Crippen molar-refractivity contribution in [3.8, 4) is 0 Å². The van der Waals surface area contributed by atoms with E-state index < -0.39 is 10.0 Å². The van der Waals surface area contributed by atoms with Gasteiger partial charge in [0.05, 0.1) is 4.90 Å². The number of halogens is 1. The van der Waals surface area contributed by atoms with Gasteiger partial charge in [0.1, 0.15) is 5.82 Å². The summed E-state index contributed by atoms with van der Waals surface area (Å²) in [5.41, 5.74) is 1.44. The molecule has 21 heavy (non-hydrogen) atoms. The van der Waals surface area contributed by atoms with Crippen molar-refractivity contribution in [1.29, 1.82) is 0 Å². The standard InChI is InChI=1S/C15H17FN2O2S/c1-11(12-5-3-6-13(16)9-12)18-14-7-4-8-15(10-14)21(19,20)17-2/h3-11,17-18H,1-2H3. The average molecular weight is 308 g/mol. The maximum atomic E-state index is 13.2. The number of sulfonamides is 1. The summed E-state index contributed by atoms with van der Waals surface area (Å²) in [6, 6.07) is 12.6. The molecule has 1 unspecified atom stereocenters. The Balaban J connectivity index is 2.22. The molecule has 0 aromatic heterocycles. The molecule has 0 aliphatic heterocycles. The molecule has 0 spiro atoms. The van der Waals surface area contributed by atoms with Crippen LogP contribution in [0.2, 0.25) is 0 Å². The number of rotatable bonds is 5. The smallest absolute Gasteiger partial charge is 0.240 e. The Bertz CT molecular complexity index is 732. The Labute approximate surface area is 124 Å². The molecule has 2 rings (SSSR count). The van der Waals surface area contributed by atoms with Gasteiger partial charge in [-0.25, -0.2) is 17.5 Å². The second kappa shape index (κ2) is 6.24. The van der Waals surface area contributed by atoms with Gasteiger partial charge in [0, 0.05) is 11.7 Å². The Morgan fingerprint density at radius 3 is 2.48 bits per heavy atom. The summed E-state index contributed by atoms with van der Waals surface area (Å²) in [4.78, 5) is 0.182. The second-order valence-corrected chi connectivity index (χ2v) is 6.54. The van der Waals surface area contributed by atoms with E-state index in [4.69, 9.17) is 0 Å². The van der Waals surface area contributed by atoms with Crippen LogP contribution in [-0.4, -0.2) is 15.5 Å². The average Bonchev–Trinajstić information content (AvgIpc) is 2.47. The van der Waals surface area contributed by atoms with Crippen LogP contribution >= 0.6 is 0 Å². The lowest BCUT2D eigenvalue weighted by atomic mass is 10.1. The van der Waals surface area contributed by atoms with Crippen molar-refractivity contribution in [3.05, 3.63) is 59.9 Å². The molecule has 0 radical (unpaired) electrons. The highest BCUT2D eigenvalue weighted by Crippen LogP contribution is 2.22. The van der Waals surface area contributed by atoms with Gasteiger partial charge in [0.2, 0.25) is 10.0 Å². The maximum absolute atomic E-state index is 13.2. The van der Waals surface area contributed by atoms with E-state index in [1.54, 1.807) is 24.3 Å². The molecule has 2 N–H and O–H groups in total. The molecule has 2 aromatic rings. The van der Waals surface area contributed by atoms with Crippen LogP contribution in [0.4, 0.5) is 10.1 Å². The SMILES string of the molecule is CNS(=O)(=O)c1cccc(NC(C)c2cccc(F)c2)c1. The lowest BCUT2D eigenvalue weighted by molar-refractivity contribution is 0.588. The van der Waals surface area contributed by atoms with Crippen LogP contribution < -0.4 is 10.0 Å². The van der Waals surface area contributed by atoms with Gasteiger partial charge < -0.3 is 5.32 Å². The van der Waals surface area contributed by atoms with Crippen LogP contribution in [0.5, 0.6) is 0 Å². The van der Waals surface area contributed by atoms with E-state index in [-0.39, 0.29) is 16.8 Å². The topological polar surface area (TPSA) is 58.2 Å². The van der Waals surface area contributed by atoms with E-state index in [1.165, 1.54) is 25.2 Å². The molecular weight excluding hydrogens is 291 g/mol. The first-order valence-electron chi connectivity index (χ1n) is 6.48. The van der Waals surface area contributed by atoms with E-state index in [0.717, 1.165) is 5.56 Å². The molecule has 4 nitrogen and oxygen atoms in total. The normalized spacial score (nSPS) is 12.9. The quantitative estimate of drug-likeness (QED) is 0.893. The first kappa shape index (κ1) is 15.5. The highest BCUT2D eigenvalue weighted by Gasteiger charge is 2.12. The fourth-order valence-electron chi connectivity index (χ4n) is 1.98. The highest BCUT2D eigenvalue weighted by atomic mass is 32.2. The van der Waals surface area contributed by atoms with Gasteiger partial charge in [-0.1, -0.05) is 18.2 Å². The van der Waals surface area contributed by atoms with Crippen molar-refractivity contribution >= 4 is 15.7 Å². The van der Waals surface area contributed by atoms with Gasteiger partial charge in [-0.3, -0.25) is 0 Å². The molecule has 0 saturated carbocycles. The van der Waals surface area contributed by atoms with Gasteiger partial charge in [0.25, 0.3) is 0 Å². The van der Waals surface area contributed by atoms with E-state index in [0.29, 0.717) is 5.69 Å². The molecule has 0 aliphatic rings. The monoisotopic (exact) mass is 308 g/mol. The molecule has 0 fully saturated rings. The van der Waals surface area contributed by atoms with Crippen molar-refractivity contribution < 1.29 is 12.8 Å². The molecule has 1 atom stereocenters. The van der Waals surface area contributed by atoms with E-state index in [2.05, 4.69) is 10.0 Å². The van der Waals surface area contributed by atoms with Crippen LogP contribution in [-0.2, 0) is 10.0 Å². The van der Waals surface area contributed by atoms with Crippen LogP contribution in [0, 0.1) is 5.82 Å². The van der Waals surface area contributed by atoms with Crippen molar-refractivity contribution in [2.45, 2.75) is 17.9 Å². The number of benzene rings is 2. The summed E-state index contributed by atoms with van der Waals surface area (Å²) in [6.45, 7) is 1.88. The number of anilines is 1. The minimum atomic E-state index is -3.48. The molecule has 0 bridgehead atoms. The summed E-state index contributed by atoms with van der Waals surface area (Å²) >= 11 is 0. The Morgan fingerprint density at radius 2 is 1.81 bits per heavy atom. The van der Waals surface area contributed by atoms with E-state index in [1.807, 2.05) is 13.0 Å². The lowest BCUT2D eigenvalue weighted by Crippen LogP contribution is -2.18. The predicted octanol–water partition coefficient (Wildman–Crippen LogP) is 2.91. The van der Waals surface area contributed by atoms with Gasteiger partial charge in [0.15, 0.2) is 0 Å². The first-order valence-corrected chi connectivity index (χ1v) is 7.96. The molecule has 6 heteroatoms. The third-order valence-corrected chi connectivity index (χ3v) is 4.56. The summed E-state index contributed by atoms with van der Waals surface area (Å²) in [6.07, 6.45) is 0. The fourth-order valence-corrected chi connectivity index (χ4v) is 2.76. The van der Waals surface area contributed by atoms with Crippen LogP contribution in [0.1, 0.15) is 18.5 Å². The van der Waals surface area contributed by atoms with Gasteiger partial charge in [-0.2, -0.15) is 0 Å². The van der Waals surface area contributed by atoms with Gasteiger partial charge in [-0.15, -0.1) is 0 Å². The van der Waals surface area contributed by atoms with Crippen LogP contribution in [0.25, 0.3) is 0 Å². The first-order chi connectivity index (χ1) is 9.92. The lowest BCUT2D eigenvalue weighted by Gasteiger charge is -2.16. The molecular formula is C15H17FN2O2S. The second-order valence-electron chi connectivity index (χ2n) is 4.66. The fraction of sp³-hybridized carbons (Fsp3) is 0.200. The van der Waals surface area contributed by atoms with Crippen LogP contribution in [0.3, 0.4) is 0 Å². The molecule has 0 saturated heterocycles. The minimum absolute atomic E-state index is 0.145. The summed E-state index contributed by atoms with van der Waals surface area (Å²) in [5, 5.41) is 3.16. The molecule has 0 heterocycles. The van der Waals surface area contributed by atoms with Gasteiger partial charge >= 0.3 is 0 Å². The largest absolute Gasteiger partial charge is 0.378 e. The van der Waals surface area contributed by atoms with E-state index in [9.17, 15) is 12.8 Å². The molecule has 0 amide bonds. The summed E-state index contributed by atoms with van der Waals surface area (Å²) in [7, 11) is -2.11. The van der Waals surface area contributed by atoms with Gasteiger partial charge in [-0.05, 0) is 49.9 Å². The van der Waals surface area contributed by atoms with E-state index >= 15 is 0 Å². The predicted molar refractivity (Wildman–Crippen MR) is 81.1 cm³/mol. The zero-order valence-electron chi connectivity index (χ0n) is 11.8. The third kappa shape index (κ3) is 3.80. The summed E-state index contributed by atoms with van der Waals surface area (Å²) in [5.74, 6) is -0.298. The highest BCUT2D eigenvalue weighted by molar-refractivity contribution is 7.89. The third-order valence-electron chi connectivity index (χ3n) is 3.14. The maximum Gasteiger partial charge on any atom is 0.240 e. The van der Waals surface area contributed by atoms with Crippen molar-refractivity contribution in [1.82, 2.24) is 4.72 Å².